The Morgan fingerprint density at radius 2 is 0.518 bits per heavy atom. The molecule has 22 rings (SSSR count). The van der Waals surface area contributed by atoms with Gasteiger partial charge in [0, 0.05) is 97.6 Å². The van der Waals surface area contributed by atoms with Crippen molar-refractivity contribution in [2.24, 2.45) is 0 Å². The number of hydrogen-bond acceptors (Lipinski definition) is 8. The minimum atomic E-state index is 0.691. The van der Waals surface area contributed by atoms with Crippen LogP contribution in [0.4, 0.5) is 0 Å². The lowest BCUT2D eigenvalue weighted by Gasteiger charge is -2.13. The van der Waals surface area contributed by atoms with Gasteiger partial charge in [-0.3, -0.25) is 0 Å². The number of pyridine rings is 2. The highest BCUT2D eigenvalue weighted by Gasteiger charge is 2.26. The molecule has 22 aromatic rings. The zero-order chi connectivity index (χ0) is 74.0. The number of hydrogen-bond donors (Lipinski definition) is 0. The second-order valence-corrected chi connectivity index (χ2v) is 30.0. The lowest BCUT2D eigenvalue weighted by atomic mass is 10.0. The Balaban J connectivity index is 0.000000141. The average molecular weight is 1470 g/mol. The Hall–Kier alpha value is -14.4. The van der Waals surface area contributed by atoms with Crippen LogP contribution in [0.3, 0.4) is 0 Å². The van der Waals surface area contributed by atoms with Crippen molar-refractivity contribution in [2.75, 3.05) is 0 Å². The zero-order valence-electron chi connectivity index (χ0n) is 60.3. The Morgan fingerprint density at radius 1 is 0.196 bits per heavy atom. The molecular weight excluding hydrogens is 1400 g/mol. The van der Waals surface area contributed by atoms with E-state index in [1.54, 1.807) is 0 Å². The molecule has 0 aliphatic rings. The predicted octanol–water partition coefficient (Wildman–Crippen LogP) is 27.3. The molecule has 14 aromatic carbocycles. The molecule has 0 fully saturated rings. The van der Waals surface area contributed by atoms with Crippen LogP contribution in [-0.2, 0) is 0 Å². The largest absolute Gasteiger partial charge is 0.308 e. The third kappa shape index (κ3) is 11.8. The summed E-state index contributed by atoms with van der Waals surface area (Å²) in [5, 5.41) is 7.17. The quantitative estimate of drug-likeness (QED) is 0.121. The van der Waals surface area contributed by atoms with E-state index in [4.69, 9.17) is 29.9 Å². The maximum absolute atomic E-state index is 5.34. The van der Waals surface area contributed by atoms with E-state index in [9.17, 15) is 0 Å². The standard InChI is InChI=1S/2C51H32N4S/c1-4-16-33(17-5-1)36-22-14-23-37(30-36)43-32-44(54-51(53-43)35-20-8-3-9-21-35)38-24-15-25-39(31-38)55-45-29-13-11-27-41(45)50-48(55)46-47(34-18-6-2-7-19-34)52-42-28-12-10-26-40(42)49(46)56-50;1-4-14-33(15-5-1)34-24-26-35(27-25-34)43-32-44(54-51(53-43)38-18-8-3-9-19-38)36-28-30-39(31-29-36)55-45-23-13-11-21-41(45)50-48(55)46-47(37-16-6-2-7-17-37)52-42-22-12-10-20-40(42)49(46)56-50/h2*1-32H. The summed E-state index contributed by atoms with van der Waals surface area (Å²) in [5.41, 5.74) is 27.3. The molecule has 0 unspecified atom stereocenters. The molecule has 0 aliphatic carbocycles. The Morgan fingerprint density at radius 3 is 0.982 bits per heavy atom. The fraction of sp³-hybridized carbons (Fsp3) is 0. The first-order chi connectivity index (χ1) is 55.5. The molecular formula is C102H64N8S2. The predicted molar refractivity (Wildman–Crippen MR) is 468 cm³/mol. The zero-order valence-corrected chi connectivity index (χ0v) is 62.0. The molecule has 0 amide bonds. The summed E-state index contributed by atoms with van der Waals surface area (Å²) in [7, 11) is 0. The third-order valence-electron chi connectivity index (χ3n) is 21.2. The Bertz CT molecular complexity index is 7330. The molecule has 8 nitrogen and oxygen atoms in total. The van der Waals surface area contributed by atoms with Crippen LogP contribution in [0.2, 0.25) is 0 Å². The van der Waals surface area contributed by atoms with Crippen LogP contribution in [0, 0.1) is 0 Å². The van der Waals surface area contributed by atoms with Gasteiger partial charge >= 0.3 is 0 Å². The molecule has 0 spiro atoms. The van der Waals surface area contributed by atoms with Crippen LogP contribution in [0.1, 0.15) is 0 Å². The van der Waals surface area contributed by atoms with Gasteiger partial charge < -0.3 is 9.13 Å². The van der Waals surface area contributed by atoms with Crippen LogP contribution in [0.5, 0.6) is 0 Å². The lowest BCUT2D eigenvalue weighted by Crippen LogP contribution is -1.98. The number of thiophene rings is 2. The molecule has 8 aromatic heterocycles. The van der Waals surface area contributed by atoms with E-state index in [1.807, 2.05) is 71.2 Å². The number of rotatable bonds is 12. The van der Waals surface area contributed by atoms with Crippen molar-refractivity contribution >= 4 is 107 Å². The van der Waals surface area contributed by atoms with E-state index in [-0.39, 0.29) is 0 Å². The Kier molecular flexibility index (Phi) is 16.4. The minimum Gasteiger partial charge on any atom is -0.308 e. The highest BCUT2D eigenvalue weighted by molar-refractivity contribution is 7.28. The van der Waals surface area contributed by atoms with E-state index in [0.29, 0.717) is 11.6 Å². The van der Waals surface area contributed by atoms with Gasteiger partial charge in [-0.1, -0.05) is 322 Å². The maximum atomic E-state index is 5.34. The molecule has 0 bridgehead atoms. The SMILES string of the molecule is c1ccc(-c2ccc(-c3cc(-c4ccc(-n5c6ccccc6c6sc7c8ccccc8nc(-c8ccccc8)c7c65)cc4)nc(-c4ccccc4)n3)cc2)cc1.c1ccc(-c2cccc(-c3cc(-c4cccc(-n5c6ccccc6c6sc7c8ccccc8nc(-c8ccccc8)c7c65)c4)nc(-c4ccccc4)n3)c2)cc1. The van der Waals surface area contributed by atoms with Gasteiger partial charge in [-0.2, -0.15) is 0 Å². The fourth-order valence-electron chi connectivity index (χ4n) is 15.9. The van der Waals surface area contributed by atoms with Gasteiger partial charge in [-0.05, 0) is 89.0 Å². The molecule has 8 heterocycles. The van der Waals surface area contributed by atoms with Crippen LogP contribution in [0.15, 0.2) is 388 Å². The van der Waals surface area contributed by atoms with Crippen LogP contribution >= 0.6 is 22.7 Å². The van der Waals surface area contributed by atoms with Crippen molar-refractivity contribution < 1.29 is 0 Å². The molecule has 0 aliphatic heterocycles. The van der Waals surface area contributed by atoms with Crippen molar-refractivity contribution in [3.05, 3.63) is 388 Å². The number of nitrogens with zero attached hydrogens (tertiary/aromatic N) is 8. The van der Waals surface area contributed by atoms with Gasteiger partial charge in [-0.25, -0.2) is 29.9 Å². The fourth-order valence-corrected chi connectivity index (χ4v) is 18.6. The second kappa shape index (κ2) is 28.0. The second-order valence-electron chi connectivity index (χ2n) is 28.0. The average Bonchev–Trinajstić information content (AvgIpc) is 1.55. The van der Waals surface area contributed by atoms with Crippen LogP contribution < -0.4 is 0 Å². The van der Waals surface area contributed by atoms with Crippen LogP contribution in [-0.4, -0.2) is 39.0 Å². The van der Waals surface area contributed by atoms with Crippen molar-refractivity contribution in [3.63, 3.8) is 0 Å². The highest BCUT2D eigenvalue weighted by atomic mass is 32.1. The van der Waals surface area contributed by atoms with E-state index in [1.165, 1.54) is 84.4 Å². The van der Waals surface area contributed by atoms with Crippen molar-refractivity contribution in [2.45, 2.75) is 0 Å². The number of aromatic nitrogens is 8. The van der Waals surface area contributed by atoms with Gasteiger partial charge in [0.2, 0.25) is 0 Å². The lowest BCUT2D eigenvalue weighted by molar-refractivity contribution is 1.17. The number of benzene rings is 14. The molecule has 0 radical (unpaired) electrons. The van der Waals surface area contributed by atoms with Gasteiger partial charge in [0.15, 0.2) is 11.6 Å². The summed E-state index contributed by atoms with van der Waals surface area (Å²) < 4.78 is 9.88. The molecule has 112 heavy (non-hydrogen) atoms. The molecule has 524 valence electrons. The topological polar surface area (TPSA) is 87.2 Å². The normalized spacial score (nSPS) is 11.6. The van der Waals surface area contributed by atoms with Gasteiger partial charge in [0.05, 0.1) is 76.7 Å². The van der Waals surface area contributed by atoms with Crippen molar-refractivity contribution in [3.8, 4) is 124 Å². The molecule has 0 saturated carbocycles. The van der Waals surface area contributed by atoms with E-state index in [0.717, 1.165) is 112 Å². The molecule has 0 N–H and O–H groups in total. The number of fused-ring (bicyclic) bond motifs is 14. The first kappa shape index (κ1) is 65.8. The summed E-state index contributed by atoms with van der Waals surface area (Å²) in [6.45, 7) is 0. The van der Waals surface area contributed by atoms with Gasteiger partial charge in [0.1, 0.15) is 0 Å². The van der Waals surface area contributed by atoms with E-state index < -0.39 is 0 Å². The third-order valence-corrected chi connectivity index (χ3v) is 23.7. The smallest absolute Gasteiger partial charge is 0.160 e. The summed E-state index contributed by atoms with van der Waals surface area (Å²) in [6.07, 6.45) is 0. The van der Waals surface area contributed by atoms with E-state index in [2.05, 4.69) is 349 Å². The number of para-hydroxylation sites is 4. The molecule has 0 atom stereocenters. The minimum absolute atomic E-state index is 0.691. The van der Waals surface area contributed by atoms with Crippen LogP contribution in [0.25, 0.3) is 208 Å². The molecule has 10 heteroatoms. The first-order valence-electron chi connectivity index (χ1n) is 37.6. The van der Waals surface area contributed by atoms with E-state index >= 15 is 0 Å². The maximum Gasteiger partial charge on any atom is 0.160 e. The summed E-state index contributed by atoms with van der Waals surface area (Å²) >= 11 is 3.73. The van der Waals surface area contributed by atoms with Crippen molar-refractivity contribution in [1.29, 1.82) is 0 Å². The summed E-state index contributed by atoms with van der Waals surface area (Å²) in [6, 6.07) is 136. The molecule has 0 saturated heterocycles. The van der Waals surface area contributed by atoms with Gasteiger partial charge in [0.25, 0.3) is 0 Å². The highest BCUT2D eigenvalue weighted by Crippen LogP contribution is 2.50. The summed E-state index contributed by atoms with van der Waals surface area (Å²) in [5.74, 6) is 1.39. The first-order valence-corrected chi connectivity index (χ1v) is 39.2. The summed E-state index contributed by atoms with van der Waals surface area (Å²) in [4.78, 5) is 31.3. The van der Waals surface area contributed by atoms with Gasteiger partial charge in [-0.15, -0.1) is 22.7 Å². The Labute approximate surface area is 653 Å². The van der Waals surface area contributed by atoms with Crippen molar-refractivity contribution in [1.82, 2.24) is 39.0 Å². The monoisotopic (exact) mass is 1460 g/mol.